The topological polar surface area (TPSA) is 41.1 Å². The molecule has 1 aromatic carbocycles. The average molecular weight is 274 g/mol. The van der Waals surface area contributed by atoms with E-state index in [4.69, 9.17) is 0 Å². The summed E-state index contributed by atoms with van der Waals surface area (Å²) in [6, 6.07) is 7.77. The molecule has 1 aromatic rings. The van der Waals surface area contributed by atoms with Gasteiger partial charge in [0.25, 0.3) is 5.91 Å². The van der Waals surface area contributed by atoms with Gasteiger partial charge in [-0.1, -0.05) is 38.3 Å². The quantitative estimate of drug-likeness (QED) is 0.828. The smallest absolute Gasteiger partial charge is 0.253 e. The fourth-order valence-corrected chi connectivity index (χ4v) is 2.82. The minimum Gasteiger partial charge on any atom is -0.384 e. The highest BCUT2D eigenvalue weighted by molar-refractivity contribution is 5.99. The lowest BCUT2D eigenvalue weighted by Gasteiger charge is -2.22. The van der Waals surface area contributed by atoms with Crippen LogP contribution in [0.15, 0.2) is 24.3 Å². The molecule has 110 valence electrons. The number of anilines is 1. The summed E-state index contributed by atoms with van der Waals surface area (Å²) < 4.78 is 0. The number of rotatable bonds is 6. The molecule has 0 aliphatic heterocycles. The van der Waals surface area contributed by atoms with Crippen LogP contribution in [0.3, 0.4) is 0 Å². The van der Waals surface area contributed by atoms with Gasteiger partial charge in [-0.25, -0.2) is 0 Å². The maximum absolute atomic E-state index is 12.3. The van der Waals surface area contributed by atoms with Crippen LogP contribution >= 0.6 is 0 Å². The molecule has 1 saturated carbocycles. The van der Waals surface area contributed by atoms with Gasteiger partial charge in [0.05, 0.1) is 5.56 Å². The molecule has 0 aromatic heterocycles. The second kappa shape index (κ2) is 7.93. The number of carbonyl (C=O) groups excluding carboxylic acids is 1. The Morgan fingerprint density at radius 3 is 2.70 bits per heavy atom. The second-order valence-corrected chi connectivity index (χ2v) is 5.69. The molecule has 1 fully saturated rings. The second-order valence-electron chi connectivity index (χ2n) is 5.69. The molecule has 0 bridgehead atoms. The summed E-state index contributed by atoms with van der Waals surface area (Å²) in [5, 5.41) is 6.43. The molecule has 3 nitrogen and oxygen atoms in total. The van der Waals surface area contributed by atoms with E-state index in [-0.39, 0.29) is 5.91 Å². The predicted molar refractivity (Wildman–Crippen MR) is 84.1 cm³/mol. The summed E-state index contributed by atoms with van der Waals surface area (Å²) in [4.78, 5) is 12.3. The third kappa shape index (κ3) is 4.26. The summed E-state index contributed by atoms with van der Waals surface area (Å²) in [5.41, 5.74) is 1.70. The van der Waals surface area contributed by atoms with E-state index in [1.54, 1.807) is 0 Å². The van der Waals surface area contributed by atoms with Crippen molar-refractivity contribution in [1.82, 2.24) is 5.32 Å². The SMILES string of the molecule is CCCNc1ccccc1C(=O)NCC1CCCCC1. The van der Waals surface area contributed by atoms with Crippen molar-refractivity contribution in [2.45, 2.75) is 45.4 Å². The summed E-state index contributed by atoms with van der Waals surface area (Å²) in [6.07, 6.45) is 7.56. The molecule has 2 N–H and O–H groups in total. The molecule has 0 heterocycles. The Bertz CT molecular complexity index is 425. The van der Waals surface area contributed by atoms with E-state index in [1.807, 2.05) is 24.3 Å². The Morgan fingerprint density at radius 1 is 1.20 bits per heavy atom. The standard InChI is InChI=1S/C17H26N2O/c1-2-12-18-16-11-7-6-10-15(16)17(20)19-13-14-8-4-3-5-9-14/h6-7,10-11,14,18H,2-5,8-9,12-13H2,1H3,(H,19,20). The van der Waals surface area contributed by atoms with Crippen molar-refractivity contribution < 1.29 is 4.79 Å². The molecule has 0 unspecified atom stereocenters. The number of benzene rings is 1. The van der Waals surface area contributed by atoms with Gasteiger partial charge < -0.3 is 10.6 Å². The summed E-state index contributed by atoms with van der Waals surface area (Å²) >= 11 is 0. The van der Waals surface area contributed by atoms with E-state index in [9.17, 15) is 4.79 Å². The van der Waals surface area contributed by atoms with Gasteiger partial charge in [0.15, 0.2) is 0 Å². The number of para-hydroxylation sites is 1. The van der Waals surface area contributed by atoms with Gasteiger partial charge in [0.1, 0.15) is 0 Å². The van der Waals surface area contributed by atoms with Crippen LogP contribution in [0.4, 0.5) is 5.69 Å². The fraction of sp³-hybridized carbons (Fsp3) is 0.588. The summed E-state index contributed by atoms with van der Waals surface area (Å²) in [6.45, 7) is 3.84. The van der Waals surface area contributed by atoms with Crippen LogP contribution in [0.1, 0.15) is 55.8 Å². The number of hydrogen-bond donors (Lipinski definition) is 2. The van der Waals surface area contributed by atoms with Gasteiger partial charge in [0.2, 0.25) is 0 Å². The molecular weight excluding hydrogens is 248 g/mol. The monoisotopic (exact) mass is 274 g/mol. The van der Waals surface area contributed by atoms with Crippen LogP contribution in [0.5, 0.6) is 0 Å². The first kappa shape index (κ1) is 14.9. The van der Waals surface area contributed by atoms with Crippen LogP contribution in [-0.4, -0.2) is 19.0 Å². The molecule has 0 saturated heterocycles. The van der Waals surface area contributed by atoms with Crippen molar-refractivity contribution in [3.05, 3.63) is 29.8 Å². The third-order valence-electron chi connectivity index (χ3n) is 4.01. The maximum atomic E-state index is 12.3. The Kier molecular flexibility index (Phi) is 5.90. The van der Waals surface area contributed by atoms with Crippen LogP contribution < -0.4 is 10.6 Å². The molecule has 1 aliphatic carbocycles. The number of nitrogens with one attached hydrogen (secondary N) is 2. The molecule has 1 aliphatic rings. The molecular formula is C17H26N2O. The minimum absolute atomic E-state index is 0.0507. The summed E-state index contributed by atoms with van der Waals surface area (Å²) in [7, 11) is 0. The van der Waals surface area contributed by atoms with Gasteiger partial charge in [-0.05, 0) is 37.3 Å². The first-order chi connectivity index (χ1) is 9.81. The van der Waals surface area contributed by atoms with Gasteiger partial charge >= 0.3 is 0 Å². The van der Waals surface area contributed by atoms with Crippen molar-refractivity contribution in [3.63, 3.8) is 0 Å². The highest BCUT2D eigenvalue weighted by Gasteiger charge is 2.16. The highest BCUT2D eigenvalue weighted by atomic mass is 16.1. The third-order valence-corrected chi connectivity index (χ3v) is 4.01. The zero-order chi connectivity index (χ0) is 14.2. The number of hydrogen-bond acceptors (Lipinski definition) is 2. The van der Waals surface area contributed by atoms with Crippen LogP contribution in [0.25, 0.3) is 0 Å². The predicted octanol–water partition coefficient (Wildman–Crippen LogP) is 3.82. The Labute approximate surface area is 122 Å². The molecule has 0 atom stereocenters. The maximum Gasteiger partial charge on any atom is 0.253 e. The fourth-order valence-electron chi connectivity index (χ4n) is 2.82. The van der Waals surface area contributed by atoms with Gasteiger partial charge in [-0.2, -0.15) is 0 Å². The Balaban J connectivity index is 1.90. The number of amides is 1. The lowest BCUT2D eigenvalue weighted by molar-refractivity contribution is 0.0944. The Hall–Kier alpha value is -1.51. The van der Waals surface area contributed by atoms with E-state index in [0.717, 1.165) is 30.8 Å². The van der Waals surface area contributed by atoms with Crippen LogP contribution in [0.2, 0.25) is 0 Å². The van der Waals surface area contributed by atoms with E-state index >= 15 is 0 Å². The van der Waals surface area contributed by atoms with Gasteiger partial charge in [-0.15, -0.1) is 0 Å². The van der Waals surface area contributed by atoms with Crippen molar-refractivity contribution in [1.29, 1.82) is 0 Å². The lowest BCUT2D eigenvalue weighted by Crippen LogP contribution is -2.30. The molecule has 0 spiro atoms. The zero-order valence-corrected chi connectivity index (χ0v) is 12.5. The molecule has 3 heteroatoms. The molecule has 2 rings (SSSR count). The first-order valence-corrected chi connectivity index (χ1v) is 7.92. The van der Waals surface area contributed by atoms with Crippen molar-refractivity contribution in [2.75, 3.05) is 18.4 Å². The van der Waals surface area contributed by atoms with Gasteiger partial charge in [-0.3, -0.25) is 4.79 Å². The molecule has 1 amide bonds. The average Bonchev–Trinajstić information content (AvgIpc) is 2.52. The molecule has 20 heavy (non-hydrogen) atoms. The van der Waals surface area contributed by atoms with E-state index in [2.05, 4.69) is 17.6 Å². The first-order valence-electron chi connectivity index (χ1n) is 7.92. The van der Waals surface area contributed by atoms with E-state index < -0.39 is 0 Å². The van der Waals surface area contributed by atoms with Crippen molar-refractivity contribution >= 4 is 11.6 Å². The van der Waals surface area contributed by atoms with Crippen molar-refractivity contribution in [3.8, 4) is 0 Å². The van der Waals surface area contributed by atoms with E-state index in [0.29, 0.717) is 5.92 Å². The Morgan fingerprint density at radius 2 is 1.95 bits per heavy atom. The normalized spacial score (nSPS) is 15.8. The van der Waals surface area contributed by atoms with Gasteiger partial charge in [0, 0.05) is 18.8 Å². The summed E-state index contributed by atoms with van der Waals surface area (Å²) in [5.74, 6) is 0.721. The van der Waals surface area contributed by atoms with Crippen LogP contribution in [0, 0.1) is 5.92 Å². The van der Waals surface area contributed by atoms with E-state index in [1.165, 1.54) is 32.1 Å². The lowest BCUT2D eigenvalue weighted by atomic mass is 9.89. The number of carbonyl (C=O) groups is 1. The zero-order valence-electron chi connectivity index (χ0n) is 12.5. The van der Waals surface area contributed by atoms with Crippen molar-refractivity contribution in [2.24, 2.45) is 5.92 Å². The minimum atomic E-state index is 0.0507. The highest BCUT2D eigenvalue weighted by Crippen LogP contribution is 2.23. The largest absolute Gasteiger partial charge is 0.384 e. The molecule has 0 radical (unpaired) electrons. The van der Waals surface area contributed by atoms with Crippen LogP contribution in [-0.2, 0) is 0 Å².